The van der Waals surface area contributed by atoms with Gasteiger partial charge in [0, 0.05) is 0 Å². The van der Waals surface area contributed by atoms with Gasteiger partial charge in [0.1, 0.15) is 0 Å². The van der Waals surface area contributed by atoms with Crippen LogP contribution in [0, 0.1) is 0 Å². The number of rotatable bonds is 3. The molecule has 0 heterocycles. The second kappa shape index (κ2) is 9.44. The monoisotopic (exact) mass is 124 g/mol. The van der Waals surface area contributed by atoms with Crippen LogP contribution >= 0.6 is 0 Å². The van der Waals surface area contributed by atoms with Gasteiger partial charge in [-0.25, -0.2) is 9.78 Å². The first-order chi connectivity index (χ1) is 2.91. The molecule has 7 heavy (non-hydrogen) atoms. The zero-order valence-corrected chi connectivity index (χ0v) is 3.93. The maximum absolute atomic E-state index is 4.26. The Hall–Kier alpha value is 0.0969. The highest BCUT2D eigenvalue weighted by Crippen LogP contribution is 1.72. The highest BCUT2D eigenvalue weighted by atomic mass is 28.1. The van der Waals surface area contributed by atoms with Crippen LogP contribution < -0.4 is 0 Å². The summed E-state index contributed by atoms with van der Waals surface area (Å²) >= 11 is 0. The van der Waals surface area contributed by atoms with Crippen LogP contribution in [0.2, 0.25) is 0 Å². The van der Waals surface area contributed by atoms with Gasteiger partial charge in [-0.15, -0.1) is 0 Å². The molecule has 0 amide bonds. The first-order valence-electron chi connectivity index (χ1n) is 1.74. The first kappa shape index (κ1) is 10.2. The Morgan fingerprint density at radius 1 is 1.43 bits per heavy atom. The molecule has 3 nitrogen and oxygen atoms in total. The Labute approximate surface area is 47.4 Å². The van der Waals surface area contributed by atoms with E-state index in [0.717, 1.165) is 0 Å². The Bertz CT molecular complexity index is 22.1. The summed E-state index contributed by atoms with van der Waals surface area (Å²) in [7, 11) is 1.38. The van der Waals surface area contributed by atoms with Gasteiger partial charge in [0.25, 0.3) is 0 Å². The molecule has 0 saturated carbocycles. The van der Waals surface area contributed by atoms with Gasteiger partial charge in [0.05, 0.1) is 13.7 Å². The molecule has 4 heteroatoms. The van der Waals surface area contributed by atoms with Crippen molar-refractivity contribution in [2.45, 2.75) is 6.92 Å². The Morgan fingerprint density at radius 2 is 2.00 bits per heavy atom. The van der Waals surface area contributed by atoms with E-state index < -0.39 is 0 Å². The van der Waals surface area contributed by atoms with Gasteiger partial charge in [0.15, 0.2) is 0 Å². The number of hydrogen-bond donors (Lipinski definition) is 0. The minimum Gasteiger partial charge on any atom is -0.210 e. The van der Waals surface area contributed by atoms with Crippen LogP contribution in [0.1, 0.15) is 6.92 Å². The second-order valence-corrected chi connectivity index (χ2v) is 0.641. The van der Waals surface area contributed by atoms with Crippen LogP contribution in [0.25, 0.3) is 0 Å². The molecule has 0 unspecified atom stereocenters. The van der Waals surface area contributed by atoms with Crippen LogP contribution in [0.15, 0.2) is 0 Å². The Kier molecular flexibility index (Phi) is 13.7. The van der Waals surface area contributed by atoms with E-state index in [1.807, 2.05) is 0 Å². The third kappa shape index (κ3) is 10.7. The molecule has 0 aliphatic carbocycles. The van der Waals surface area contributed by atoms with Crippen LogP contribution in [0.3, 0.4) is 0 Å². The molecule has 0 radical (unpaired) electrons. The van der Waals surface area contributed by atoms with Crippen LogP contribution in [0.5, 0.6) is 0 Å². The van der Waals surface area contributed by atoms with Gasteiger partial charge in [0.2, 0.25) is 0 Å². The fourth-order valence-corrected chi connectivity index (χ4v) is 0.0962. The van der Waals surface area contributed by atoms with Gasteiger partial charge < -0.3 is 0 Å². The molecule has 0 atom stereocenters. The summed E-state index contributed by atoms with van der Waals surface area (Å²) < 4.78 is 0. The minimum atomic E-state index is 0. The van der Waals surface area contributed by atoms with E-state index in [-0.39, 0.29) is 11.0 Å². The van der Waals surface area contributed by atoms with E-state index in [2.05, 4.69) is 14.8 Å². The van der Waals surface area contributed by atoms with Crippen molar-refractivity contribution in [2.75, 3.05) is 13.7 Å². The molecular weight excluding hydrogens is 112 g/mol. The largest absolute Gasteiger partial charge is 0.210 e. The van der Waals surface area contributed by atoms with Crippen molar-refractivity contribution in [3.05, 3.63) is 0 Å². The fourth-order valence-electron chi connectivity index (χ4n) is 0.0962. The predicted octanol–water partition coefficient (Wildman–Crippen LogP) is -0.936. The van der Waals surface area contributed by atoms with Gasteiger partial charge in [-0.05, 0) is 17.9 Å². The molecular formula is C3H12O3Si. The van der Waals surface area contributed by atoms with Gasteiger partial charge in [-0.3, -0.25) is 0 Å². The van der Waals surface area contributed by atoms with E-state index >= 15 is 0 Å². The average molecular weight is 124 g/mol. The Balaban J connectivity index is 0. The Morgan fingerprint density at radius 3 is 2.14 bits per heavy atom. The summed E-state index contributed by atoms with van der Waals surface area (Å²) in [6.07, 6.45) is 0. The molecule has 46 valence electrons. The van der Waals surface area contributed by atoms with Crippen molar-refractivity contribution in [3.63, 3.8) is 0 Å². The van der Waals surface area contributed by atoms with Crippen molar-refractivity contribution in [3.8, 4) is 0 Å². The SMILES string of the molecule is CCOOOC.[SiH4]. The zero-order chi connectivity index (χ0) is 4.83. The molecule has 0 fully saturated rings. The standard InChI is InChI=1S/C3H8O3.H4Si/c1-3-5-6-4-2;/h3H2,1-2H3;1H4. The topological polar surface area (TPSA) is 27.7 Å². The molecule has 0 N–H and O–H groups in total. The molecule has 0 aliphatic rings. The van der Waals surface area contributed by atoms with E-state index in [0.29, 0.717) is 6.61 Å². The van der Waals surface area contributed by atoms with E-state index in [9.17, 15) is 0 Å². The maximum atomic E-state index is 4.26. The van der Waals surface area contributed by atoms with Crippen molar-refractivity contribution >= 4 is 11.0 Å². The van der Waals surface area contributed by atoms with Gasteiger partial charge >= 0.3 is 0 Å². The van der Waals surface area contributed by atoms with Crippen LogP contribution in [0.4, 0.5) is 0 Å². The lowest BCUT2D eigenvalue weighted by Crippen LogP contribution is -1.89. The smallest absolute Gasteiger partial charge is 0.0825 e. The minimum absolute atomic E-state index is 0. The molecule has 0 aromatic rings. The van der Waals surface area contributed by atoms with Gasteiger partial charge in [-0.1, -0.05) is 5.04 Å². The van der Waals surface area contributed by atoms with Crippen molar-refractivity contribution in [2.24, 2.45) is 0 Å². The van der Waals surface area contributed by atoms with Crippen molar-refractivity contribution < 1.29 is 14.8 Å². The van der Waals surface area contributed by atoms with E-state index in [1.54, 1.807) is 6.92 Å². The van der Waals surface area contributed by atoms with Crippen molar-refractivity contribution in [1.82, 2.24) is 0 Å². The zero-order valence-electron chi connectivity index (χ0n) is 3.93. The van der Waals surface area contributed by atoms with E-state index in [1.165, 1.54) is 7.11 Å². The molecule has 0 aliphatic heterocycles. The van der Waals surface area contributed by atoms with Gasteiger partial charge in [-0.2, -0.15) is 0 Å². The first-order valence-corrected chi connectivity index (χ1v) is 1.74. The second-order valence-electron chi connectivity index (χ2n) is 0.641. The summed E-state index contributed by atoms with van der Waals surface area (Å²) in [5, 5.41) is 3.98. The molecule has 0 aromatic carbocycles. The normalized spacial score (nSPS) is 7.71. The molecule has 0 aromatic heterocycles. The molecule has 0 saturated heterocycles. The lowest BCUT2D eigenvalue weighted by molar-refractivity contribution is -0.500. The quantitative estimate of drug-likeness (QED) is 0.210. The predicted molar refractivity (Wildman–Crippen MR) is 31.1 cm³/mol. The van der Waals surface area contributed by atoms with Crippen molar-refractivity contribution in [1.29, 1.82) is 0 Å². The number of hydrogen-bond acceptors (Lipinski definition) is 3. The summed E-state index contributed by atoms with van der Waals surface area (Å²) in [6, 6.07) is 0. The third-order valence-electron chi connectivity index (χ3n) is 0.234. The summed E-state index contributed by atoms with van der Waals surface area (Å²) in [5.74, 6) is 0. The molecule has 0 spiro atoms. The molecule has 0 rings (SSSR count). The van der Waals surface area contributed by atoms with E-state index in [4.69, 9.17) is 0 Å². The summed E-state index contributed by atoms with van der Waals surface area (Å²) in [5.41, 5.74) is 0. The maximum Gasteiger partial charge on any atom is 0.0825 e. The average Bonchev–Trinajstić information content (AvgIpc) is 1.61. The lowest BCUT2D eigenvalue weighted by Gasteiger charge is -1.90. The summed E-state index contributed by atoms with van der Waals surface area (Å²) in [4.78, 5) is 8.32. The van der Waals surface area contributed by atoms with Crippen LogP contribution in [-0.4, -0.2) is 24.7 Å². The lowest BCUT2D eigenvalue weighted by atomic mass is 10.9. The third-order valence-corrected chi connectivity index (χ3v) is 0.234. The summed E-state index contributed by atoms with van der Waals surface area (Å²) in [6.45, 7) is 2.31. The molecule has 0 bridgehead atoms. The fraction of sp³-hybridized carbons (Fsp3) is 1.00. The highest BCUT2D eigenvalue weighted by Gasteiger charge is 1.72. The highest BCUT2D eigenvalue weighted by molar-refractivity contribution is 5.75. The van der Waals surface area contributed by atoms with Crippen LogP contribution in [-0.2, 0) is 14.8 Å².